The van der Waals surface area contributed by atoms with Gasteiger partial charge in [-0.25, -0.2) is 4.98 Å². The molecule has 2 aromatic heterocycles. The van der Waals surface area contributed by atoms with E-state index in [0.717, 1.165) is 33.8 Å². The second-order valence-corrected chi connectivity index (χ2v) is 14.9. The highest BCUT2D eigenvalue weighted by molar-refractivity contribution is 5.91. The Morgan fingerprint density at radius 3 is 1.34 bits per heavy atom. The maximum Gasteiger partial charge on any atom is 0.0728 e. The SMILES string of the molecule is c1ccc(-c2ccc(-c3cc(C4c5ccccc5-c5ccc6c(c54)C(c4ccccc4)c4ccccc4-6)cc(-c4ccc(-c5ccccc5)nc4)n3)cc2)cc1. The highest BCUT2D eigenvalue weighted by Crippen LogP contribution is 2.58. The average molecular weight is 713 g/mol. The van der Waals surface area contributed by atoms with E-state index in [1.165, 1.54) is 66.8 Å². The molecule has 56 heavy (non-hydrogen) atoms. The van der Waals surface area contributed by atoms with Gasteiger partial charge in [-0.3, -0.25) is 4.98 Å². The van der Waals surface area contributed by atoms with Gasteiger partial charge in [-0.2, -0.15) is 0 Å². The largest absolute Gasteiger partial charge is 0.256 e. The zero-order valence-electron chi connectivity index (χ0n) is 30.7. The molecule has 0 aliphatic heterocycles. The number of benzene rings is 7. The second kappa shape index (κ2) is 13.3. The molecule has 0 saturated carbocycles. The summed E-state index contributed by atoms with van der Waals surface area (Å²) >= 11 is 0. The van der Waals surface area contributed by atoms with Crippen LogP contribution in [0.5, 0.6) is 0 Å². The molecule has 0 saturated heterocycles. The van der Waals surface area contributed by atoms with Crippen LogP contribution in [0, 0.1) is 0 Å². The highest BCUT2D eigenvalue weighted by Gasteiger charge is 2.40. The van der Waals surface area contributed by atoms with Gasteiger partial charge in [0.15, 0.2) is 0 Å². The minimum atomic E-state index is 0.0114. The van der Waals surface area contributed by atoms with Gasteiger partial charge < -0.3 is 0 Å². The minimum Gasteiger partial charge on any atom is -0.256 e. The van der Waals surface area contributed by atoms with Crippen molar-refractivity contribution >= 4 is 0 Å². The van der Waals surface area contributed by atoms with Crippen LogP contribution >= 0.6 is 0 Å². The lowest BCUT2D eigenvalue weighted by molar-refractivity contribution is 0.936. The van der Waals surface area contributed by atoms with Crippen molar-refractivity contribution in [1.29, 1.82) is 0 Å². The number of nitrogens with zero attached hydrogens (tertiary/aromatic N) is 2. The first kappa shape index (κ1) is 32.3. The molecule has 2 aliphatic carbocycles. The van der Waals surface area contributed by atoms with Crippen LogP contribution in [0.4, 0.5) is 0 Å². The zero-order valence-corrected chi connectivity index (χ0v) is 30.7. The van der Waals surface area contributed by atoms with Gasteiger partial charge >= 0.3 is 0 Å². The molecule has 2 unspecified atom stereocenters. The Kier molecular flexibility index (Phi) is 7.67. The van der Waals surface area contributed by atoms with E-state index >= 15 is 0 Å². The molecule has 262 valence electrons. The van der Waals surface area contributed by atoms with Crippen LogP contribution in [0.2, 0.25) is 0 Å². The van der Waals surface area contributed by atoms with Crippen LogP contribution in [0.25, 0.3) is 67.2 Å². The molecule has 0 amide bonds. The molecule has 0 bridgehead atoms. The van der Waals surface area contributed by atoms with Gasteiger partial charge in [0.1, 0.15) is 0 Å². The summed E-state index contributed by atoms with van der Waals surface area (Å²) in [6.07, 6.45) is 1.98. The van der Waals surface area contributed by atoms with E-state index in [9.17, 15) is 0 Å². The van der Waals surface area contributed by atoms with Crippen LogP contribution < -0.4 is 0 Å². The van der Waals surface area contributed by atoms with Crippen molar-refractivity contribution < 1.29 is 0 Å². The molecule has 0 fully saturated rings. The molecule has 2 aliphatic rings. The highest BCUT2D eigenvalue weighted by atomic mass is 14.7. The average Bonchev–Trinajstić information content (AvgIpc) is 3.80. The number of rotatable bonds is 6. The summed E-state index contributed by atoms with van der Waals surface area (Å²) < 4.78 is 0. The first-order valence-electron chi connectivity index (χ1n) is 19.4. The maximum absolute atomic E-state index is 5.39. The van der Waals surface area contributed by atoms with Gasteiger partial charge in [0, 0.05) is 34.7 Å². The van der Waals surface area contributed by atoms with E-state index in [0.29, 0.717) is 0 Å². The van der Waals surface area contributed by atoms with Crippen molar-refractivity contribution in [3.8, 4) is 67.2 Å². The van der Waals surface area contributed by atoms with Gasteiger partial charge in [-0.05, 0) is 91.0 Å². The lowest BCUT2D eigenvalue weighted by Crippen LogP contribution is -2.08. The van der Waals surface area contributed by atoms with Gasteiger partial charge in [0.25, 0.3) is 0 Å². The van der Waals surface area contributed by atoms with E-state index in [1.807, 2.05) is 12.3 Å². The molecule has 0 N–H and O–H groups in total. The van der Waals surface area contributed by atoms with Crippen molar-refractivity contribution in [2.24, 2.45) is 0 Å². The summed E-state index contributed by atoms with van der Waals surface area (Å²) in [5, 5.41) is 0. The fourth-order valence-electron chi connectivity index (χ4n) is 9.17. The smallest absolute Gasteiger partial charge is 0.0728 e. The van der Waals surface area contributed by atoms with Crippen molar-refractivity contribution in [3.63, 3.8) is 0 Å². The predicted octanol–water partition coefficient (Wildman–Crippen LogP) is 13.5. The second-order valence-electron chi connectivity index (χ2n) is 14.9. The van der Waals surface area contributed by atoms with Gasteiger partial charge in [-0.1, -0.05) is 176 Å². The summed E-state index contributed by atoms with van der Waals surface area (Å²) in [4.78, 5) is 10.3. The third-order valence-electron chi connectivity index (χ3n) is 11.7. The number of pyridine rings is 2. The van der Waals surface area contributed by atoms with E-state index in [2.05, 4.69) is 194 Å². The first-order valence-corrected chi connectivity index (χ1v) is 19.4. The number of aromatic nitrogens is 2. The molecule has 9 aromatic rings. The molecule has 2 atom stereocenters. The Balaban J connectivity index is 1.12. The topological polar surface area (TPSA) is 25.8 Å². The molecule has 2 heterocycles. The first-order chi connectivity index (χ1) is 27.8. The Bertz CT molecular complexity index is 2780. The minimum absolute atomic E-state index is 0.0114. The van der Waals surface area contributed by atoms with Crippen molar-refractivity contribution in [3.05, 3.63) is 240 Å². The van der Waals surface area contributed by atoms with E-state index in [1.54, 1.807) is 0 Å². The van der Waals surface area contributed by atoms with Crippen molar-refractivity contribution in [2.45, 2.75) is 11.8 Å². The van der Waals surface area contributed by atoms with Crippen molar-refractivity contribution in [2.75, 3.05) is 0 Å². The Hall–Kier alpha value is -7.16. The lowest BCUT2D eigenvalue weighted by atomic mass is 9.80. The standard InChI is InChI=1S/C54H36N2/c1-4-14-35(15-5-1)36-24-26-38(27-25-36)49-32-41(33-50(56-49)40-28-31-48(55-34-40)37-16-6-2-7-17-37)52-45-23-13-11-21-43(45)47-30-29-46-42-20-10-12-22-44(42)51(53(46)54(47)52)39-18-8-3-9-19-39/h1-34,51-52H. The number of hydrogen-bond donors (Lipinski definition) is 0. The molecule has 11 rings (SSSR count). The normalized spacial score (nSPS) is 14.8. The van der Waals surface area contributed by atoms with Crippen LogP contribution in [-0.4, -0.2) is 9.97 Å². The van der Waals surface area contributed by atoms with Crippen LogP contribution in [0.15, 0.2) is 206 Å². The summed E-state index contributed by atoms with van der Waals surface area (Å²) in [5.74, 6) is 0.146. The quantitative estimate of drug-likeness (QED) is 0.172. The van der Waals surface area contributed by atoms with Gasteiger partial charge in [-0.15, -0.1) is 0 Å². The number of fused-ring (bicyclic) bond motifs is 7. The molecule has 0 spiro atoms. The third kappa shape index (κ3) is 5.33. The third-order valence-corrected chi connectivity index (χ3v) is 11.7. The molecule has 0 radical (unpaired) electrons. The fourth-order valence-corrected chi connectivity index (χ4v) is 9.17. The van der Waals surface area contributed by atoms with Crippen LogP contribution in [-0.2, 0) is 0 Å². The van der Waals surface area contributed by atoms with E-state index < -0.39 is 0 Å². The van der Waals surface area contributed by atoms with E-state index in [4.69, 9.17) is 9.97 Å². The maximum atomic E-state index is 5.39. The molecular weight excluding hydrogens is 677 g/mol. The number of hydrogen-bond acceptors (Lipinski definition) is 2. The Labute approximate surface area is 327 Å². The van der Waals surface area contributed by atoms with Crippen LogP contribution in [0.1, 0.15) is 45.2 Å². The van der Waals surface area contributed by atoms with Gasteiger partial charge in [0.05, 0.1) is 17.1 Å². The molecular formula is C54H36N2. The van der Waals surface area contributed by atoms with Gasteiger partial charge in [0.2, 0.25) is 0 Å². The van der Waals surface area contributed by atoms with Crippen LogP contribution in [0.3, 0.4) is 0 Å². The predicted molar refractivity (Wildman–Crippen MR) is 229 cm³/mol. The summed E-state index contributed by atoms with van der Waals surface area (Å²) in [5.41, 5.74) is 21.7. The fraction of sp³-hybridized carbons (Fsp3) is 0.0370. The summed E-state index contributed by atoms with van der Waals surface area (Å²) in [6.45, 7) is 0. The summed E-state index contributed by atoms with van der Waals surface area (Å²) in [6, 6.07) is 72.5. The molecule has 2 heteroatoms. The summed E-state index contributed by atoms with van der Waals surface area (Å²) in [7, 11) is 0. The Morgan fingerprint density at radius 2 is 0.750 bits per heavy atom. The monoisotopic (exact) mass is 712 g/mol. The van der Waals surface area contributed by atoms with E-state index in [-0.39, 0.29) is 11.8 Å². The zero-order chi connectivity index (χ0) is 37.0. The van der Waals surface area contributed by atoms with Crippen molar-refractivity contribution in [1.82, 2.24) is 9.97 Å². The molecule has 2 nitrogen and oxygen atoms in total. The Morgan fingerprint density at radius 1 is 0.304 bits per heavy atom. The molecule has 7 aromatic carbocycles. The lowest BCUT2D eigenvalue weighted by Gasteiger charge is -2.23.